The first-order valence-electron chi connectivity index (χ1n) is 6.83. The van der Waals surface area contributed by atoms with Crippen molar-refractivity contribution < 1.29 is 15.0 Å². The first-order valence-corrected chi connectivity index (χ1v) is 6.83. The van der Waals surface area contributed by atoms with E-state index in [9.17, 15) is 15.0 Å². The Morgan fingerprint density at radius 2 is 2.11 bits per heavy atom. The molecule has 0 aliphatic heterocycles. The number of carbonyl (C=O) groups excluding carboxylic acids is 1. The van der Waals surface area contributed by atoms with Crippen molar-refractivity contribution in [2.24, 2.45) is 5.92 Å². The number of amides is 1. The molecule has 104 valence electrons. The van der Waals surface area contributed by atoms with Gasteiger partial charge in [-0.15, -0.1) is 0 Å². The van der Waals surface area contributed by atoms with E-state index in [4.69, 9.17) is 0 Å². The molecule has 0 bridgehead atoms. The summed E-state index contributed by atoms with van der Waals surface area (Å²) in [6.07, 6.45) is 4.01. The van der Waals surface area contributed by atoms with E-state index in [-0.39, 0.29) is 30.2 Å². The van der Waals surface area contributed by atoms with E-state index in [1.54, 1.807) is 25.1 Å². The van der Waals surface area contributed by atoms with Gasteiger partial charge in [-0.3, -0.25) is 4.79 Å². The van der Waals surface area contributed by atoms with Gasteiger partial charge < -0.3 is 15.5 Å². The summed E-state index contributed by atoms with van der Waals surface area (Å²) in [5, 5.41) is 22.2. The maximum atomic E-state index is 12.2. The van der Waals surface area contributed by atoms with Crippen molar-refractivity contribution in [1.29, 1.82) is 0 Å². The number of hydrogen-bond donors (Lipinski definition) is 3. The van der Waals surface area contributed by atoms with Crippen LogP contribution < -0.4 is 5.32 Å². The van der Waals surface area contributed by atoms with Gasteiger partial charge in [0.25, 0.3) is 5.91 Å². The van der Waals surface area contributed by atoms with Crippen LogP contribution in [-0.4, -0.2) is 28.8 Å². The fourth-order valence-corrected chi connectivity index (χ4v) is 2.70. The Kier molecular flexibility index (Phi) is 4.43. The van der Waals surface area contributed by atoms with Crippen molar-refractivity contribution in [1.82, 2.24) is 5.32 Å². The van der Waals surface area contributed by atoms with Crippen LogP contribution in [0.15, 0.2) is 18.2 Å². The van der Waals surface area contributed by atoms with Crippen molar-refractivity contribution >= 4 is 5.91 Å². The van der Waals surface area contributed by atoms with Gasteiger partial charge in [-0.2, -0.15) is 0 Å². The van der Waals surface area contributed by atoms with Crippen molar-refractivity contribution in [3.8, 4) is 5.75 Å². The molecule has 3 N–H and O–H groups in total. The quantitative estimate of drug-likeness (QED) is 0.781. The lowest BCUT2D eigenvalue weighted by Gasteiger charge is -2.31. The summed E-state index contributed by atoms with van der Waals surface area (Å²) >= 11 is 0. The zero-order valence-corrected chi connectivity index (χ0v) is 11.2. The molecule has 0 heterocycles. The largest absolute Gasteiger partial charge is 0.507 e. The van der Waals surface area contributed by atoms with Crippen molar-refractivity contribution in [3.05, 3.63) is 29.3 Å². The molecule has 4 nitrogen and oxygen atoms in total. The summed E-state index contributed by atoms with van der Waals surface area (Å²) < 4.78 is 0. The second kappa shape index (κ2) is 6.06. The molecule has 1 aliphatic rings. The van der Waals surface area contributed by atoms with Crippen molar-refractivity contribution in [3.63, 3.8) is 0 Å². The van der Waals surface area contributed by atoms with Crippen LogP contribution in [0.25, 0.3) is 0 Å². The van der Waals surface area contributed by atoms with Gasteiger partial charge in [0, 0.05) is 18.6 Å². The topological polar surface area (TPSA) is 69.6 Å². The predicted octanol–water partition coefficient (Wildman–Crippen LogP) is 1.98. The van der Waals surface area contributed by atoms with Crippen LogP contribution in [0.5, 0.6) is 5.75 Å². The van der Waals surface area contributed by atoms with Crippen molar-refractivity contribution in [2.45, 2.75) is 38.6 Å². The minimum Gasteiger partial charge on any atom is -0.507 e. The van der Waals surface area contributed by atoms with E-state index in [1.807, 2.05) is 0 Å². The molecule has 1 aromatic carbocycles. The molecule has 1 fully saturated rings. The molecule has 0 saturated heterocycles. The van der Waals surface area contributed by atoms with Crippen LogP contribution in [0, 0.1) is 12.8 Å². The normalized spacial score (nSPS) is 23.1. The molecule has 19 heavy (non-hydrogen) atoms. The summed E-state index contributed by atoms with van der Waals surface area (Å²) in [6, 6.07) is 5.15. The summed E-state index contributed by atoms with van der Waals surface area (Å²) in [6.45, 7) is 1.87. The van der Waals surface area contributed by atoms with Gasteiger partial charge in [0.05, 0.1) is 5.56 Å². The van der Waals surface area contributed by atoms with Gasteiger partial charge in [0.15, 0.2) is 0 Å². The highest BCUT2D eigenvalue weighted by Crippen LogP contribution is 2.26. The number of phenolic OH excluding ortho intramolecular Hbond substituents is 1. The summed E-state index contributed by atoms with van der Waals surface area (Å²) in [7, 11) is 0. The van der Waals surface area contributed by atoms with E-state index in [2.05, 4.69) is 5.32 Å². The third-order valence-electron chi connectivity index (χ3n) is 3.94. The smallest absolute Gasteiger partial charge is 0.255 e. The maximum absolute atomic E-state index is 12.2. The molecule has 1 aliphatic carbocycles. The van der Waals surface area contributed by atoms with Crippen LogP contribution in [0.2, 0.25) is 0 Å². The van der Waals surface area contributed by atoms with Crippen molar-refractivity contribution in [2.75, 3.05) is 6.61 Å². The van der Waals surface area contributed by atoms with E-state index in [0.717, 1.165) is 25.7 Å². The van der Waals surface area contributed by atoms with Gasteiger partial charge in [-0.1, -0.05) is 25.0 Å². The first kappa shape index (κ1) is 13.9. The number of rotatable bonds is 3. The molecule has 1 amide bonds. The number of nitrogens with one attached hydrogen (secondary N) is 1. The molecule has 1 aromatic rings. The van der Waals surface area contributed by atoms with Crippen LogP contribution in [0.1, 0.15) is 41.6 Å². The van der Waals surface area contributed by atoms with E-state index in [0.29, 0.717) is 11.1 Å². The van der Waals surface area contributed by atoms with Gasteiger partial charge in [-0.25, -0.2) is 0 Å². The third kappa shape index (κ3) is 3.07. The van der Waals surface area contributed by atoms with Gasteiger partial charge in [0.1, 0.15) is 5.75 Å². The average Bonchev–Trinajstić information content (AvgIpc) is 2.42. The lowest BCUT2D eigenvalue weighted by Crippen LogP contribution is -2.43. The Morgan fingerprint density at radius 3 is 2.84 bits per heavy atom. The Hall–Kier alpha value is -1.55. The van der Waals surface area contributed by atoms with E-state index < -0.39 is 0 Å². The Morgan fingerprint density at radius 1 is 1.37 bits per heavy atom. The highest BCUT2D eigenvalue weighted by Gasteiger charge is 2.26. The minimum atomic E-state index is -0.258. The highest BCUT2D eigenvalue weighted by molar-refractivity contribution is 5.97. The number of para-hydroxylation sites is 1. The lowest BCUT2D eigenvalue weighted by molar-refractivity contribution is 0.0870. The standard InChI is InChI=1S/C15H21NO3/c1-10-5-4-7-12(14(10)18)15(19)16-13-8-3-2-6-11(13)9-17/h4-5,7,11,13,17-18H,2-3,6,8-9H2,1H3,(H,16,19). The monoisotopic (exact) mass is 263 g/mol. The Bertz CT molecular complexity index is 459. The SMILES string of the molecule is Cc1cccc(C(=O)NC2CCCCC2CO)c1O. The minimum absolute atomic E-state index is 0.00571. The molecule has 4 heteroatoms. The number of aliphatic hydroxyl groups excluding tert-OH is 1. The molecule has 0 spiro atoms. The van der Waals surface area contributed by atoms with Crippen LogP contribution in [-0.2, 0) is 0 Å². The molecule has 0 radical (unpaired) electrons. The highest BCUT2D eigenvalue weighted by atomic mass is 16.3. The fourth-order valence-electron chi connectivity index (χ4n) is 2.70. The summed E-state index contributed by atoms with van der Waals surface area (Å²) in [5.74, 6) is -0.0902. The van der Waals surface area contributed by atoms with Gasteiger partial charge in [0.2, 0.25) is 0 Å². The first-order chi connectivity index (χ1) is 9.13. The van der Waals surface area contributed by atoms with E-state index >= 15 is 0 Å². The summed E-state index contributed by atoms with van der Waals surface area (Å²) in [4.78, 5) is 12.2. The Labute approximate surface area is 113 Å². The molecule has 0 aromatic heterocycles. The lowest BCUT2D eigenvalue weighted by atomic mass is 9.85. The third-order valence-corrected chi connectivity index (χ3v) is 3.94. The van der Waals surface area contributed by atoms with Crippen LogP contribution in [0.3, 0.4) is 0 Å². The number of phenols is 1. The zero-order valence-electron chi connectivity index (χ0n) is 11.2. The fraction of sp³-hybridized carbons (Fsp3) is 0.533. The van der Waals surface area contributed by atoms with E-state index in [1.165, 1.54) is 0 Å². The van der Waals surface area contributed by atoms with Crippen LogP contribution in [0.4, 0.5) is 0 Å². The zero-order chi connectivity index (χ0) is 13.8. The second-order valence-electron chi connectivity index (χ2n) is 5.28. The maximum Gasteiger partial charge on any atom is 0.255 e. The van der Waals surface area contributed by atoms with Gasteiger partial charge in [-0.05, 0) is 31.4 Å². The number of hydrogen-bond acceptors (Lipinski definition) is 3. The molecule has 2 unspecified atom stereocenters. The molecule has 2 atom stereocenters. The summed E-state index contributed by atoms with van der Waals surface area (Å²) in [5.41, 5.74) is 0.997. The number of benzene rings is 1. The number of aliphatic hydroxyl groups is 1. The average molecular weight is 263 g/mol. The second-order valence-corrected chi connectivity index (χ2v) is 5.28. The van der Waals surface area contributed by atoms with Crippen LogP contribution >= 0.6 is 0 Å². The van der Waals surface area contributed by atoms with Gasteiger partial charge >= 0.3 is 0 Å². The molecule has 2 rings (SSSR count). The predicted molar refractivity (Wildman–Crippen MR) is 73.1 cm³/mol. The number of aromatic hydroxyl groups is 1. The molecular formula is C15H21NO3. The number of aryl methyl sites for hydroxylation is 1. The molecule has 1 saturated carbocycles. The number of carbonyl (C=O) groups is 1. The molecular weight excluding hydrogens is 242 g/mol. The Balaban J connectivity index is 2.09.